The lowest BCUT2D eigenvalue weighted by Gasteiger charge is -2.26. The first-order valence-corrected chi connectivity index (χ1v) is 18.5. The molecule has 0 N–H and O–H groups in total. The minimum absolute atomic E-state index is 0.918. The van der Waals surface area contributed by atoms with Gasteiger partial charge in [0, 0.05) is 68.2 Å². The number of para-hydroxylation sites is 1. The Kier molecular flexibility index (Phi) is 6.03. The number of hydrogen-bond acceptors (Lipinski definition) is 4. The molecule has 11 aromatic rings. The summed E-state index contributed by atoms with van der Waals surface area (Å²) in [6.07, 6.45) is 0. The second-order valence-electron chi connectivity index (χ2n) is 12.9. The van der Waals surface area contributed by atoms with Gasteiger partial charge >= 0.3 is 0 Å². The van der Waals surface area contributed by atoms with Crippen LogP contribution in [0.4, 0.5) is 17.1 Å². The van der Waals surface area contributed by atoms with Crippen LogP contribution in [0, 0.1) is 0 Å². The standard InChI is InChI=1S/C46H27NOS2/c1-4-13-41-34(9-1)39-24-29-8-7-12-33(38(29)27-42(39)48-41)28-16-18-30(19-17-28)47(31-21-23-45-40(25-31)36-11-3-6-15-44(36)49-45)32-20-22-37-35-10-2-5-14-43(35)50-46(37)26-32/h1-27H. The maximum atomic E-state index is 6.30. The van der Waals surface area contributed by atoms with Crippen molar-refractivity contribution in [1.82, 2.24) is 0 Å². The zero-order valence-electron chi connectivity index (χ0n) is 26.8. The van der Waals surface area contributed by atoms with E-state index in [1.807, 2.05) is 34.8 Å². The highest BCUT2D eigenvalue weighted by Gasteiger charge is 2.18. The van der Waals surface area contributed by atoms with Gasteiger partial charge in [0.2, 0.25) is 0 Å². The SMILES string of the molecule is c1cc(-c2ccc(N(c3ccc4c(c3)sc3ccccc34)c3ccc4sc5ccccc5c4c3)cc2)c2cc3oc4ccccc4c3cc2c1. The molecule has 234 valence electrons. The van der Waals surface area contributed by atoms with Gasteiger partial charge in [-0.25, -0.2) is 0 Å². The van der Waals surface area contributed by atoms with Crippen LogP contribution in [0.5, 0.6) is 0 Å². The van der Waals surface area contributed by atoms with Crippen molar-refractivity contribution in [1.29, 1.82) is 0 Å². The van der Waals surface area contributed by atoms with Gasteiger partial charge in [0.1, 0.15) is 11.2 Å². The van der Waals surface area contributed by atoms with Crippen molar-refractivity contribution in [3.05, 3.63) is 164 Å². The molecule has 50 heavy (non-hydrogen) atoms. The van der Waals surface area contributed by atoms with E-state index in [0.717, 1.165) is 39.0 Å². The molecular formula is C46H27NOS2. The average molecular weight is 674 g/mol. The Hall–Kier alpha value is -5.94. The summed E-state index contributed by atoms with van der Waals surface area (Å²) >= 11 is 3.72. The highest BCUT2D eigenvalue weighted by molar-refractivity contribution is 7.26. The molecule has 11 rings (SSSR count). The topological polar surface area (TPSA) is 16.4 Å². The summed E-state index contributed by atoms with van der Waals surface area (Å²) < 4.78 is 11.5. The molecule has 0 unspecified atom stereocenters. The second-order valence-corrected chi connectivity index (χ2v) is 15.1. The summed E-state index contributed by atoms with van der Waals surface area (Å²) in [5, 5.41) is 9.92. The molecule has 2 nitrogen and oxygen atoms in total. The van der Waals surface area contributed by atoms with Gasteiger partial charge in [0.05, 0.1) is 0 Å². The molecule has 0 aliphatic carbocycles. The fourth-order valence-corrected chi connectivity index (χ4v) is 9.92. The lowest BCUT2D eigenvalue weighted by atomic mass is 9.96. The predicted octanol–water partition coefficient (Wildman–Crippen LogP) is 14.6. The smallest absolute Gasteiger partial charge is 0.136 e. The monoisotopic (exact) mass is 673 g/mol. The van der Waals surface area contributed by atoms with Crippen LogP contribution < -0.4 is 4.90 Å². The number of benzene rings is 8. The van der Waals surface area contributed by atoms with Crippen molar-refractivity contribution in [2.75, 3.05) is 4.90 Å². The Morgan fingerprint density at radius 3 is 1.84 bits per heavy atom. The Balaban J connectivity index is 1.07. The van der Waals surface area contributed by atoms with Crippen molar-refractivity contribution < 1.29 is 4.42 Å². The molecular weight excluding hydrogens is 647 g/mol. The number of hydrogen-bond donors (Lipinski definition) is 0. The molecule has 3 heterocycles. The molecule has 0 amide bonds. The van der Waals surface area contributed by atoms with Gasteiger partial charge in [-0.15, -0.1) is 22.7 Å². The first-order valence-electron chi connectivity index (χ1n) is 16.8. The van der Waals surface area contributed by atoms with Gasteiger partial charge in [-0.05, 0) is 94.7 Å². The number of thiophene rings is 2. The molecule has 0 fully saturated rings. The Bertz CT molecular complexity index is 3110. The molecule has 3 aromatic heterocycles. The maximum Gasteiger partial charge on any atom is 0.136 e. The summed E-state index contributed by atoms with van der Waals surface area (Å²) in [6, 6.07) is 59.6. The molecule has 8 aromatic carbocycles. The molecule has 0 bridgehead atoms. The van der Waals surface area contributed by atoms with Gasteiger partial charge in [-0.1, -0.05) is 91.0 Å². The minimum atomic E-state index is 0.918. The molecule has 0 atom stereocenters. The van der Waals surface area contributed by atoms with Gasteiger partial charge in [-0.2, -0.15) is 0 Å². The lowest BCUT2D eigenvalue weighted by Crippen LogP contribution is -2.09. The lowest BCUT2D eigenvalue weighted by molar-refractivity contribution is 0.669. The van der Waals surface area contributed by atoms with Crippen molar-refractivity contribution in [2.24, 2.45) is 0 Å². The number of rotatable bonds is 4. The van der Waals surface area contributed by atoms with E-state index in [4.69, 9.17) is 4.42 Å². The fraction of sp³-hybridized carbons (Fsp3) is 0. The Morgan fingerprint density at radius 1 is 0.360 bits per heavy atom. The number of furan rings is 1. The molecule has 0 saturated heterocycles. The minimum Gasteiger partial charge on any atom is -0.456 e. The highest BCUT2D eigenvalue weighted by Crippen LogP contribution is 2.44. The second kappa shape index (κ2) is 10.8. The molecule has 0 aliphatic heterocycles. The van der Waals surface area contributed by atoms with E-state index >= 15 is 0 Å². The third kappa shape index (κ3) is 4.26. The molecule has 0 spiro atoms. The fourth-order valence-electron chi connectivity index (χ4n) is 7.69. The van der Waals surface area contributed by atoms with E-state index in [2.05, 4.69) is 157 Å². The summed E-state index contributed by atoms with van der Waals surface area (Å²) in [5.41, 5.74) is 7.62. The average Bonchev–Trinajstić information content (AvgIpc) is 3.84. The van der Waals surface area contributed by atoms with E-state index in [1.165, 1.54) is 62.2 Å². The first-order chi connectivity index (χ1) is 24.7. The van der Waals surface area contributed by atoms with Crippen LogP contribution in [0.2, 0.25) is 0 Å². The van der Waals surface area contributed by atoms with Crippen LogP contribution in [-0.4, -0.2) is 0 Å². The van der Waals surface area contributed by atoms with Gasteiger partial charge in [0.15, 0.2) is 0 Å². The van der Waals surface area contributed by atoms with Crippen LogP contribution in [0.3, 0.4) is 0 Å². The van der Waals surface area contributed by atoms with Crippen LogP contribution in [-0.2, 0) is 0 Å². The van der Waals surface area contributed by atoms with Crippen LogP contribution in [0.15, 0.2) is 168 Å². The van der Waals surface area contributed by atoms with E-state index in [-0.39, 0.29) is 0 Å². The van der Waals surface area contributed by atoms with Crippen LogP contribution in [0.1, 0.15) is 0 Å². The van der Waals surface area contributed by atoms with Crippen molar-refractivity contribution >= 4 is 113 Å². The van der Waals surface area contributed by atoms with Gasteiger partial charge < -0.3 is 9.32 Å². The zero-order valence-corrected chi connectivity index (χ0v) is 28.4. The molecule has 0 saturated carbocycles. The normalized spacial score (nSPS) is 12.0. The predicted molar refractivity (Wildman–Crippen MR) is 217 cm³/mol. The van der Waals surface area contributed by atoms with E-state index < -0.39 is 0 Å². The highest BCUT2D eigenvalue weighted by atomic mass is 32.1. The van der Waals surface area contributed by atoms with Crippen molar-refractivity contribution in [2.45, 2.75) is 0 Å². The molecule has 0 aliphatic rings. The number of anilines is 3. The van der Waals surface area contributed by atoms with Crippen LogP contribution in [0.25, 0.3) is 84.2 Å². The Morgan fingerprint density at radius 2 is 1.00 bits per heavy atom. The summed E-state index contributed by atoms with van der Waals surface area (Å²) in [6.45, 7) is 0. The Labute approximate surface area is 295 Å². The van der Waals surface area contributed by atoms with Crippen LogP contribution >= 0.6 is 22.7 Å². The van der Waals surface area contributed by atoms with Crippen molar-refractivity contribution in [3.63, 3.8) is 0 Å². The van der Waals surface area contributed by atoms with E-state index in [9.17, 15) is 0 Å². The maximum absolute atomic E-state index is 6.30. The summed E-state index contributed by atoms with van der Waals surface area (Å²) in [5.74, 6) is 0. The van der Waals surface area contributed by atoms with Gasteiger partial charge in [0.25, 0.3) is 0 Å². The molecule has 0 radical (unpaired) electrons. The third-order valence-electron chi connectivity index (χ3n) is 10.1. The third-order valence-corrected chi connectivity index (χ3v) is 12.3. The van der Waals surface area contributed by atoms with E-state index in [1.54, 1.807) is 0 Å². The summed E-state index contributed by atoms with van der Waals surface area (Å²) in [7, 11) is 0. The number of nitrogens with zero attached hydrogens (tertiary/aromatic N) is 1. The van der Waals surface area contributed by atoms with Crippen molar-refractivity contribution in [3.8, 4) is 11.1 Å². The largest absolute Gasteiger partial charge is 0.456 e. The first kappa shape index (κ1) is 28.0. The van der Waals surface area contributed by atoms with Gasteiger partial charge in [-0.3, -0.25) is 0 Å². The zero-order chi connectivity index (χ0) is 32.8. The molecule has 4 heteroatoms. The quantitative estimate of drug-likeness (QED) is 0.185. The summed E-state index contributed by atoms with van der Waals surface area (Å²) in [4.78, 5) is 2.40. The number of fused-ring (bicyclic) bond motifs is 10. The van der Waals surface area contributed by atoms with E-state index in [0.29, 0.717) is 0 Å².